The van der Waals surface area contributed by atoms with Crippen molar-refractivity contribution in [3.63, 3.8) is 0 Å². The van der Waals surface area contributed by atoms with E-state index < -0.39 is 17.8 Å². The molecule has 92 valence electrons. The number of carboxylic acid groups (broad SMARTS) is 2. The Hall–Kier alpha value is -1.96. The van der Waals surface area contributed by atoms with Crippen molar-refractivity contribution in [2.75, 3.05) is 5.32 Å². The van der Waals surface area contributed by atoms with E-state index in [0.717, 1.165) is 11.3 Å². The first-order valence-corrected chi connectivity index (χ1v) is 5.44. The van der Waals surface area contributed by atoms with E-state index >= 15 is 0 Å². The predicted octanol–water partition coefficient (Wildman–Crippen LogP) is 0.953. The Kier molecular flexibility index (Phi) is 4.16. The van der Waals surface area contributed by atoms with Crippen LogP contribution in [0.3, 0.4) is 0 Å². The smallest absolute Gasteiger partial charge is 0.347 e. The molecule has 0 saturated heterocycles. The van der Waals surface area contributed by atoms with Gasteiger partial charge in [0, 0.05) is 6.42 Å². The Bertz CT molecular complexity index is 468. The Labute approximate surface area is 100 Å². The summed E-state index contributed by atoms with van der Waals surface area (Å²) in [6.45, 7) is 1.52. The summed E-state index contributed by atoms with van der Waals surface area (Å²) in [4.78, 5) is 36.1. The number of hydrogen-bond donors (Lipinski definition) is 3. The van der Waals surface area contributed by atoms with Crippen molar-refractivity contribution in [3.8, 4) is 0 Å². The van der Waals surface area contributed by atoms with Crippen LogP contribution in [0.15, 0.2) is 0 Å². The van der Waals surface area contributed by atoms with E-state index in [9.17, 15) is 14.4 Å². The molecule has 0 aromatic carbocycles. The molecule has 0 aliphatic carbocycles. The molecule has 8 heteroatoms. The summed E-state index contributed by atoms with van der Waals surface area (Å²) in [7, 11) is 0. The lowest BCUT2D eigenvalue weighted by Gasteiger charge is -1.98. The zero-order valence-corrected chi connectivity index (χ0v) is 9.71. The highest BCUT2D eigenvalue weighted by molar-refractivity contribution is 7.17. The highest BCUT2D eigenvalue weighted by Gasteiger charge is 2.15. The van der Waals surface area contributed by atoms with E-state index in [1.165, 1.54) is 6.92 Å². The average molecular weight is 258 g/mol. The summed E-state index contributed by atoms with van der Waals surface area (Å²) >= 11 is 0.840. The first-order chi connectivity index (χ1) is 7.90. The topological polar surface area (TPSA) is 117 Å². The van der Waals surface area contributed by atoms with Gasteiger partial charge in [-0.3, -0.25) is 9.59 Å². The molecule has 1 heterocycles. The number of hydrogen-bond acceptors (Lipinski definition) is 5. The fraction of sp³-hybridized carbons (Fsp3) is 0.333. The van der Waals surface area contributed by atoms with Crippen LogP contribution in [0, 0.1) is 6.92 Å². The van der Waals surface area contributed by atoms with Crippen molar-refractivity contribution in [2.24, 2.45) is 0 Å². The molecule has 0 radical (unpaired) electrons. The van der Waals surface area contributed by atoms with Gasteiger partial charge < -0.3 is 15.5 Å². The normalized spacial score (nSPS) is 9.94. The van der Waals surface area contributed by atoms with Crippen LogP contribution < -0.4 is 5.32 Å². The lowest BCUT2D eigenvalue weighted by Crippen LogP contribution is -2.12. The van der Waals surface area contributed by atoms with Crippen molar-refractivity contribution in [1.29, 1.82) is 0 Å². The number of nitrogens with zero attached hydrogens (tertiary/aromatic N) is 1. The lowest BCUT2D eigenvalue weighted by molar-refractivity contribution is -0.138. The number of anilines is 1. The van der Waals surface area contributed by atoms with Crippen LogP contribution in [0.5, 0.6) is 0 Å². The SMILES string of the molecule is Cc1nc(NC(=O)CCC(=O)O)sc1C(=O)O. The monoisotopic (exact) mass is 258 g/mol. The van der Waals surface area contributed by atoms with E-state index in [1.807, 2.05) is 0 Å². The third-order valence-electron chi connectivity index (χ3n) is 1.80. The van der Waals surface area contributed by atoms with Gasteiger partial charge in [0.1, 0.15) is 4.88 Å². The minimum absolute atomic E-state index is 0.0542. The van der Waals surface area contributed by atoms with Gasteiger partial charge in [-0.15, -0.1) is 0 Å². The summed E-state index contributed by atoms with van der Waals surface area (Å²) in [5.74, 6) is -2.68. The average Bonchev–Trinajstić information content (AvgIpc) is 2.56. The van der Waals surface area contributed by atoms with Gasteiger partial charge in [-0.05, 0) is 6.92 Å². The molecule has 17 heavy (non-hydrogen) atoms. The van der Waals surface area contributed by atoms with E-state index in [1.54, 1.807) is 0 Å². The van der Waals surface area contributed by atoms with Crippen LogP contribution in [0.4, 0.5) is 5.13 Å². The van der Waals surface area contributed by atoms with Crippen LogP contribution in [-0.4, -0.2) is 33.0 Å². The summed E-state index contributed by atoms with van der Waals surface area (Å²) in [6.07, 6.45) is -0.446. The molecule has 7 nitrogen and oxygen atoms in total. The molecule has 0 fully saturated rings. The zero-order valence-electron chi connectivity index (χ0n) is 8.89. The molecule has 1 amide bonds. The van der Waals surface area contributed by atoms with Gasteiger partial charge in [-0.1, -0.05) is 11.3 Å². The third-order valence-corrected chi connectivity index (χ3v) is 2.86. The highest BCUT2D eigenvalue weighted by atomic mass is 32.1. The summed E-state index contributed by atoms with van der Waals surface area (Å²) < 4.78 is 0. The lowest BCUT2D eigenvalue weighted by atomic mass is 10.3. The molecule has 0 aliphatic rings. The summed E-state index contributed by atoms with van der Waals surface area (Å²) in [5.41, 5.74) is 0.316. The number of carbonyl (C=O) groups is 3. The van der Waals surface area contributed by atoms with Gasteiger partial charge in [0.05, 0.1) is 12.1 Å². The Morgan fingerprint density at radius 1 is 1.29 bits per heavy atom. The van der Waals surface area contributed by atoms with Crippen LogP contribution in [0.25, 0.3) is 0 Å². The highest BCUT2D eigenvalue weighted by Crippen LogP contribution is 2.22. The minimum Gasteiger partial charge on any atom is -0.481 e. The fourth-order valence-electron chi connectivity index (χ4n) is 1.05. The molecule has 0 unspecified atom stereocenters. The number of aromatic carboxylic acids is 1. The van der Waals surface area contributed by atoms with Crippen molar-refractivity contribution in [1.82, 2.24) is 4.98 Å². The molecular weight excluding hydrogens is 248 g/mol. The Balaban J connectivity index is 2.63. The van der Waals surface area contributed by atoms with Crippen LogP contribution >= 0.6 is 11.3 Å². The maximum Gasteiger partial charge on any atom is 0.347 e. The largest absolute Gasteiger partial charge is 0.481 e. The number of aryl methyl sites for hydroxylation is 1. The van der Waals surface area contributed by atoms with E-state index in [2.05, 4.69) is 10.3 Å². The summed E-state index contributed by atoms with van der Waals surface area (Å²) in [5, 5.41) is 19.7. The molecule has 0 bridgehead atoms. The molecule has 0 saturated carbocycles. The van der Waals surface area contributed by atoms with E-state index in [-0.39, 0.29) is 22.9 Å². The minimum atomic E-state index is -1.11. The van der Waals surface area contributed by atoms with Crippen LogP contribution in [0.1, 0.15) is 28.2 Å². The number of carbonyl (C=O) groups excluding carboxylic acids is 1. The number of aromatic nitrogens is 1. The number of nitrogens with one attached hydrogen (secondary N) is 1. The van der Waals surface area contributed by atoms with Gasteiger partial charge in [0.25, 0.3) is 0 Å². The molecule has 0 spiro atoms. The number of rotatable bonds is 5. The maximum absolute atomic E-state index is 11.3. The molecule has 0 atom stereocenters. The van der Waals surface area contributed by atoms with Crippen molar-refractivity contribution < 1.29 is 24.6 Å². The van der Waals surface area contributed by atoms with Crippen LogP contribution in [-0.2, 0) is 9.59 Å². The van der Waals surface area contributed by atoms with Gasteiger partial charge in [0.2, 0.25) is 5.91 Å². The molecule has 1 aromatic heterocycles. The molecule has 1 rings (SSSR count). The molecular formula is C9H10N2O5S. The molecule has 3 N–H and O–H groups in total. The second-order valence-corrected chi connectivity index (χ2v) is 4.18. The van der Waals surface area contributed by atoms with Crippen LogP contribution in [0.2, 0.25) is 0 Å². The van der Waals surface area contributed by atoms with Crippen molar-refractivity contribution >= 4 is 34.3 Å². The van der Waals surface area contributed by atoms with Crippen molar-refractivity contribution in [2.45, 2.75) is 19.8 Å². The quantitative estimate of drug-likeness (QED) is 0.724. The van der Waals surface area contributed by atoms with E-state index in [4.69, 9.17) is 10.2 Å². The van der Waals surface area contributed by atoms with Gasteiger partial charge in [0.15, 0.2) is 5.13 Å². The number of amides is 1. The van der Waals surface area contributed by atoms with Gasteiger partial charge in [-0.25, -0.2) is 9.78 Å². The predicted molar refractivity (Wildman–Crippen MR) is 59.3 cm³/mol. The third kappa shape index (κ3) is 3.83. The standard InChI is InChI=1S/C9H10N2O5S/c1-4-7(8(15)16)17-9(10-4)11-5(12)2-3-6(13)14/h2-3H2,1H3,(H,13,14)(H,15,16)(H,10,11,12). The molecule has 0 aliphatic heterocycles. The fourth-order valence-corrected chi connectivity index (χ4v) is 1.87. The Morgan fingerprint density at radius 3 is 2.41 bits per heavy atom. The first-order valence-electron chi connectivity index (χ1n) is 4.62. The molecule has 1 aromatic rings. The Morgan fingerprint density at radius 2 is 1.94 bits per heavy atom. The number of thiazole rings is 1. The summed E-state index contributed by atoms with van der Waals surface area (Å²) in [6, 6.07) is 0. The number of aliphatic carboxylic acids is 1. The van der Waals surface area contributed by atoms with Gasteiger partial charge >= 0.3 is 11.9 Å². The second kappa shape index (κ2) is 5.39. The van der Waals surface area contributed by atoms with Gasteiger partial charge in [-0.2, -0.15) is 0 Å². The zero-order chi connectivity index (χ0) is 13.0. The van der Waals surface area contributed by atoms with E-state index in [0.29, 0.717) is 5.69 Å². The van der Waals surface area contributed by atoms with Crippen molar-refractivity contribution in [3.05, 3.63) is 10.6 Å². The first kappa shape index (κ1) is 13.1. The second-order valence-electron chi connectivity index (χ2n) is 3.18. The number of carboxylic acids is 2. The maximum atomic E-state index is 11.3.